The van der Waals surface area contributed by atoms with Crippen LogP contribution in [0, 0.1) is 11.3 Å². The molecule has 2 atom stereocenters. The number of carbonyl (C=O) groups excluding carboxylic acids is 1. The average Bonchev–Trinajstić information content (AvgIpc) is 2.36. The fourth-order valence-corrected chi connectivity index (χ4v) is 4.78. The van der Waals surface area contributed by atoms with E-state index < -0.39 is 8.32 Å². The third-order valence-corrected chi connectivity index (χ3v) is 6.06. The molecule has 4 heteroatoms. The van der Waals surface area contributed by atoms with Gasteiger partial charge in [-0.1, -0.05) is 20.8 Å². The van der Waals surface area contributed by atoms with Crippen molar-refractivity contribution < 1.29 is 14.0 Å². The molecule has 0 aromatic rings. The van der Waals surface area contributed by atoms with Gasteiger partial charge < -0.3 is 9.16 Å². The highest BCUT2D eigenvalue weighted by Gasteiger charge is 2.40. The molecule has 106 valence electrons. The highest BCUT2D eigenvalue weighted by Crippen LogP contribution is 2.37. The molecule has 3 nitrogen and oxygen atoms in total. The quantitative estimate of drug-likeness (QED) is 0.569. The Labute approximate surface area is 112 Å². The fourth-order valence-electron chi connectivity index (χ4n) is 2.39. The Balaban J connectivity index is 2.82. The molecule has 0 spiro atoms. The zero-order valence-electron chi connectivity index (χ0n) is 12.7. The van der Waals surface area contributed by atoms with Gasteiger partial charge in [-0.15, -0.1) is 0 Å². The van der Waals surface area contributed by atoms with E-state index in [9.17, 15) is 4.79 Å². The Morgan fingerprint density at radius 1 is 1.39 bits per heavy atom. The highest BCUT2D eigenvalue weighted by molar-refractivity contribution is 6.71. The van der Waals surface area contributed by atoms with Crippen LogP contribution in [-0.2, 0) is 14.0 Å². The van der Waals surface area contributed by atoms with Crippen molar-refractivity contribution in [2.24, 2.45) is 11.3 Å². The smallest absolute Gasteiger partial charge is 0.309 e. The van der Waals surface area contributed by atoms with Gasteiger partial charge in [-0.05, 0) is 44.3 Å². The van der Waals surface area contributed by atoms with Gasteiger partial charge in [-0.2, -0.15) is 0 Å². The minimum absolute atomic E-state index is 0.0171. The van der Waals surface area contributed by atoms with Crippen molar-refractivity contribution in [3.8, 4) is 0 Å². The second-order valence-electron chi connectivity index (χ2n) is 6.96. The molecule has 1 rings (SSSR count). The number of hydrogen-bond acceptors (Lipinski definition) is 3. The molecule has 1 aliphatic heterocycles. The Bertz CT molecular complexity index is 294. The van der Waals surface area contributed by atoms with Gasteiger partial charge in [0.1, 0.15) is 0 Å². The largest absolute Gasteiger partial charge is 0.466 e. The Hall–Kier alpha value is -0.353. The van der Waals surface area contributed by atoms with Crippen LogP contribution in [0.3, 0.4) is 0 Å². The van der Waals surface area contributed by atoms with Crippen molar-refractivity contribution in [3.63, 3.8) is 0 Å². The molecule has 0 amide bonds. The van der Waals surface area contributed by atoms with Crippen LogP contribution in [0.2, 0.25) is 19.1 Å². The SMILES string of the molecule is CCOC(=O)[C@@H]1CC[Si](C)(C)O[C@@H](C(C)(C)C)C1. The summed E-state index contributed by atoms with van der Waals surface area (Å²) in [5.41, 5.74) is 0.0827. The van der Waals surface area contributed by atoms with Crippen LogP contribution in [0.4, 0.5) is 0 Å². The van der Waals surface area contributed by atoms with E-state index in [0.717, 1.165) is 18.9 Å². The summed E-state index contributed by atoms with van der Waals surface area (Å²) < 4.78 is 11.5. The van der Waals surface area contributed by atoms with E-state index >= 15 is 0 Å². The molecule has 0 unspecified atom stereocenters. The summed E-state index contributed by atoms with van der Waals surface area (Å²) in [6.07, 6.45) is 1.89. The van der Waals surface area contributed by atoms with Gasteiger partial charge in [-0.3, -0.25) is 4.79 Å². The molecular formula is C14H28O3Si. The zero-order valence-corrected chi connectivity index (χ0v) is 13.7. The molecule has 1 saturated heterocycles. The predicted octanol–water partition coefficient (Wildman–Crippen LogP) is 3.60. The van der Waals surface area contributed by atoms with Crippen LogP contribution in [0.5, 0.6) is 0 Å². The molecule has 0 aliphatic carbocycles. The topological polar surface area (TPSA) is 35.5 Å². The van der Waals surface area contributed by atoms with E-state index in [1.54, 1.807) is 0 Å². The van der Waals surface area contributed by atoms with Gasteiger partial charge in [0.15, 0.2) is 8.32 Å². The predicted molar refractivity (Wildman–Crippen MR) is 76.0 cm³/mol. The Morgan fingerprint density at radius 2 is 2.00 bits per heavy atom. The summed E-state index contributed by atoms with van der Waals surface area (Å²) in [5, 5.41) is 0. The van der Waals surface area contributed by atoms with E-state index in [4.69, 9.17) is 9.16 Å². The molecule has 0 aromatic heterocycles. The Morgan fingerprint density at radius 3 is 2.50 bits per heavy atom. The summed E-state index contributed by atoms with van der Waals surface area (Å²) in [6.45, 7) is 13.4. The standard InChI is InChI=1S/C14H28O3Si/c1-7-16-13(15)11-8-9-18(5,6)17-12(10-11)14(2,3)4/h11-12H,7-10H2,1-6H3/t11-,12-/m1/s1. The minimum Gasteiger partial charge on any atom is -0.466 e. The first-order valence-electron chi connectivity index (χ1n) is 7.00. The van der Waals surface area contributed by atoms with E-state index in [1.165, 1.54) is 0 Å². The van der Waals surface area contributed by atoms with Gasteiger partial charge in [0.05, 0.1) is 18.6 Å². The molecule has 1 aliphatic rings. The first-order valence-corrected chi connectivity index (χ1v) is 10.1. The van der Waals surface area contributed by atoms with Crippen molar-refractivity contribution in [2.45, 2.75) is 65.8 Å². The summed E-state index contributed by atoms with van der Waals surface area (Å²) in [6, 6.07) is 1.04. The van der Waals surface area contributed by atoms with Crippen molar-refractivity contribution in [3.05, 3.63) is 0 Å². The summed E-state index contributed by atoms with van der Waals surface area (Å²) >= 11 is 0. The van der Waals surface area contributed by atoms with Crippen LogP contribution in [0.15, 0.2) is 0 Å². The lowest BCUT2D eigenvalue weighted by Gasteiger charge is -2.35. The summed E-state index contributed by atoms with van der Waals surface area (Å²) in [7, 11) is -1.63. The monoisotopic (exact) mass is 272 g/mol. The lowest BCUT2D eigenvalue weighted by molar-refractivity contribution is -0.149. The first kappa shape index (κ1) is 15.7. The maximum absolute atomic E-state index is 12.0. The van der Waals surface area contributed by atoms with Crippen LogP contribution < -0.4 is 0 Å². The number of carbonyl (C=O) groups is 1. The molecule has 0 radical (unpaired) electrons. The van der Waals surface area contributed by atoms with Gasteiger partial charge in [0.2, 0.25) is 0 Å². The maximum atomic E-state index is 12.0. The third kappa shape index (κ3) is 4.39. The van der Waals surface area contributed by atoms with E-state index in [1.807, 2.05) is 6.92 Å². The molecule has 0 bridgehead atoms. The van der Waals surface area contributed by atoms with E-state index in [0.29, 0.717) is 6.61 Å². The molecule has 0 aromatic carbocycles. The summed E-state index contributed by atoms with van der Waals surface area (Å²) in [4.78, 5) is 12.0. The number of hydrogen-bond donors (Lipinski definition) is 0. The average molecular weight is 272 g/mol. The van der Waals surface area contributed by atoms with Crippen LogP contribution in [-0.4, -0.2) is 27.0 Å². The normalized spacial score (nSPS) is 28.6. The Kier molecular flexibility index (Phi) is 5.01. The van der Waals surface area contributed by atoms with Crippen molar-refractivity contribution in [1.29, 1.82) is 0 Å². The first-order chi connectivity index (χ1) is 8.15. The zero-order chi connectivity index (χ0) is 14.0. The van der Waals surface area contributed by atoms with E-state index in [2.05, 4.69) is 33.9 Å². The fraction of sp³-hybridized carbons (Fsp3) is 0.929. The van der Waals surface area contributed by atoms with Crippen LogP contribution in [0.25, 0.3) is 0 Å². The van der Waals surface area contributed by atoms with Crippen LogP contribution in [0.1, 0.15) is 40.5 Å². The summed E-state index contributed by atoms with van der Waals surface area (Å²) in [5.74, 6) is -0.0227. The molecule has 1 heterocycles. The van der Waals surface area contributed by atoms with Crippen molar-refractivity contribution >= 4 is 14.3 Å². The van der Waals surface area contributed by atoms with E-state index in [-0.39, 0.29) is 23.4 Å². The van der Waals surface area contributed by atoms with Gasteiger partial charge in [-0.25, -0.2) is 0 Å². The van der Waals surface area contributed by atoms with Gasteiger partial charge in [0, 0.05) is 0 Å². The van der Waals surface area contributed by atoms with Gasteiger partial charge in [0.25, 0.3) is 0 Å². The third-order valence-electron chi connectivity index (χ3n) is 3.64. The molecule has 1 fully saturated rings. The van der Waals surface area contributed by atoms with Crippen LogP contribution >= 0.6 is 0 Å². The number of esters is 1. The number of ether oxygens (including phenoxy) is 1. The molecule has 18 heavy (non-hydrogen) atoms. The molecule has 0 saturated carbocycles. The number of rotatable bonds is 2. The maximum Gasteiger partial charge on any atom is 0.309 e. The molecular weight excluding hydrogens is 244 g/mol. The van der Waals surface area contributed by atoms with Gasteiger partial charge >= 0.3 is 5.97 Å². The highest BCUT2D eigenvalue weighted by atomic mass is 28.4. The minimum atomic E-state index is -1.63. The second-order valence-corrected chi connectivity index (χ2v) is 11.2. The molecule has 0 N–H and O–H groups in total. The lowest BCUT2D eigenvalue weighted by Crippen LogP contribution is -2.40. The second kappa shape index (κ2) is 5.74. The van der Waals surface area contributed by atoms with Crippen molar-refractivity contribution in [1.82, 2.24) is 0 Å². The lowest BCUT2D eigenvalue weighted by atomic mass is 9.83. The van der Waals surface area contributed by atoms with Crippen molar-refractivity contribution in [2.75, 3.05) is 6.61 Å².